The van der Waals surface area contributed by atoms with Crippen molar-refractivity contribution >= 4 is 33.6 Å². The van der Waals surface area contributed by atoms with Crippen LogP contribution < -0.4 is 11.1 Å². The third kappa shape index (κ3) is 3.22. The molecule has 0 saturated heterocycles. The summed E-state index contributed by atoms with van der Waals surface area (Å²) in [6, 6.07) is 6.48. The average Bonchev–Trinajstić information content (AvgIpc) is 2.99. The normalized spacial score (nSPS) is 30.9. The molecule has 22 heavy (non-hydrogen) atoms. The van der Waals surface area contributed by atoms with Gasteiger partial charge in [-0.1, -0.05) is 29.3 Å². The van der Waals surface area contributed by atoms with Crippen LogP contribution in [0.5, 0.6) is 0 Å². The van der Waals surface area contributed by atoms with Crippen molar-refractivity contribution in [2.24, 2.45) is 23.5 Å². The van der Waals surface area contributed by atoms with Crippen LogP contribution in [0.25, 0.3) is 0 Å². The minimum atomic E-state index is 0.0994. The zero-order valence-electron chi connectivity index (χ0n) is 12.8. The third-order valence-electron chi connectivity index (χ3n) is 4.97. The Kier molecular flexibility index (Phi) is 5.15. The first kappa shape index (κ1) is 16.3. The smallest absolute Gasteiger partial charge is 0.223 e. The van der Waals surface area contributed by atoms with Gasteiger partial charge in [-0.25, -0.2) is 0 Å². The van der Waals surface area contributed by atoms with Gasteiger partial charge >= 0.3 is 0 Å². The molecule has 0 bridgehead atoms. The number of carbonyl (C=O) groups is 1. The summed E-state index contributed by atoms with van der Waals surface area (Å²) in [6.07, 6.45) is 3.19. The quantitative estimate of drug-likeness (QED) is 0.837. The Morgan fingerprint density at radius 3 is 3.05 bits per heavy atom. The molecule has 1 saturated carbocycles. The molecule has 3 N–H and O–H groups in total. The molecule has 0 radical (unpaired) electrons. The number of rotatable bonds is 3. The second-order valence-corrected chi connectivity index (χ2v) is 8.47. The summed E-state index contributed by atoms with van der Waals surface area (Å²) in [5.74, 6) is 2.14. The summed E-state index contributed by atoms with van der Waals surface area (Å²) in [5.41, 5.74) is 7.07. The number of nitrogens with one attached hydrogen (secondary N) is 1. The van der Waals surface area contributed by atoms with E-state index in [4.69, 9.17) is 5.73 Å². The van der Waals surface area contributed by atoms with E-state index < -0.39 is 0 Å². The number of fused-ring (bicyclic) bond motifs is 1. The van der Waals surface area contributed by atoms with Gasteiger partial charge < -0.3 is 11.1 Å². The first-order valence-corrected chi connectivity index (χ1v) is 9.80. The van der Waals surface area contributed by atoms with Crippen LogP contribution in [-0.2, 0) is 4.79 Å². The van der Waals surface area contributed by atoms with Gasteiger partial charge in [-0.05, 0) is 55.0 Å². The topological polar surface area (TPSA) is 55.1 Å². The zero-order chi connectivity index (χ0) is 15.7. The van der Waals surface area contributed by atoms with Gasteiger partial charge in [-0.3, -0.25) is 4.79 Å². The molecule has 2 unspecified atom stereocenters. The highest BCUT2D eigenvalue weighted by Crippen LogP contribution is 2.41. The van der Waals surface area contributed by atoms with Gasteiger partial charge in [-0.2, -0.15) is 0 Å². The van der Waals surface area contributed by atoms with Crippen molar-refractivity contribution in [1.82, 2.24) is 5.32 Å². The first-order valence-electron chi connectivity index (χ1n) is 8.03. The molecular weight excluding hydrogens is 360 g/mol. The minimum absolute atomic E-state index is 0.0994. The van der Waals surface area contributed by atoms with Crippen molar-refractivity contribution in [3.05, 3.63) is 28.2 Å². The number of benzene rings is 1. The van der Waals surface area contributed by atoms with E-state index in [0.29, 0.717) is 18.4 Å². The Morgan fingerprint density at radius 1 is 1.45 bits per heavy atom. The lowest BCUT2D eigenvalue weighted by molar-refractivity contribution is -0.127. The number of hydrogen-bond acceptors (Lipinski definition) is 3. The fourth-order valence-electron chi connectivity index (χ4n) is 3.66. The maximum atomic E-state index is 12.7. The predicted molar refractivity (Wildman–Crippen MR) is 94.8 cm³/mol. The van der Waals surface area contributed by atoms with E-state index in [2.05, 4.69) is 46.4 Å². The Balaban J connectivity index is 1.80. The maximum Gasteiger partial charge on any atom is 0.223 e. The fraction of sp³-hybridized carbons (Fsp3) is 0.588. The molecule has 2 aliphatic rings. The highest BCUT2D eigenvalue weighted by molar-refractivity contribution is 9.10. The van der Waals surface area contributed by atoms with Crippen LogP contribution >= 0.6 is 27.7 Å². The number of thioether (sulfide) groups is 1. The van der Waals surface area contributed by atoms with Crippen LogP contribution in [0.2, 0.25) is 0 Å². The van der Waals surface area contributed by atoms with Crippen molar-refractivity contribution in [3.63, 3.8) is 0 Å². The molecule has 4 atom stereocenters. The number of nitrogens with two attached hydrogens (primary N) is 1. The molecule has 1 aliphatic heterocycles. The van der Waals surface area contributed by atoms with Crippen LogP contribution in [-0.4, -0.2) is 18.2 Å². The zero-order valence-corrected chi connectivity index (χ0v) is 15.3. The van der Waals surface area contributed by atoms with Gasteiger partial charge in [0.15, 0.2) is 0 Å². The SMILES string of the molecule is CC1CSc2ccc(Br)cc2C1NC(=O)[C@@H]1CCC[C@@H]1CN. The molecular formula is C17H23BrN2OS. The highest BCUT2D eigenvalue weighted by atomic mass is 79.9. The lowest BCUT2D eigenvalue weighted by Gasteiger charge is -2.33. The number of halogens is 1. The Morgan fingerprint density at radius 2 is 2.27 bits per heavy atom. The van der Waals surface area contributed by atoms with Crippen LogP contribution in [0.4, 0.5) is 0 Å². The van der Waals surface area contributed by atoms with Crippen molar-refractivity contribution < 1.29 is 4.79 Å². The molecule has 1 aromatic carbocycles. The van der Waals surface area contributed by atoms with Gasteiger partial charge in [0.2, 0.25) is 5.91 Å². The van der Waals surface area contributed by atoms with Crippen LogP contribution in [0.1, 0.15) is 37.8 Å². The van der Waals surface area contributed by atoms with E-state index >= 15 is 0 Å². The maximum absolute atomic E-state index is 12.7. The van der Waals surface area contributed by atoms with E-state index in [1.807, 2.05) is 11.8 Å². The van der Waals surface area contributed by atoms with Crippen molar-refractivity contribution in [1.29, 1.82) is 0 Å². The van der Waals surface area contributed by atoms with Crippen molar-refractivity contribution in [2.45, 2.75) is 37.1 Å². The van der Waals surface area contributed by atoms with E-state index in [1.54, 1.807) is 0 Å². The second-order valence-electron chi connectivity index (χ2n) is 6.49. The molecule has 1 fully saturated rings. The molecule has 3 nitrogen and oxygen atoms in total. The van der Waals surface area contributed by atoms with Crippen molar-refractivity contribution in [3.8, 4) is 0 Å². The molecule has 1 aromatic rings. The number of amides is 1. The largest absolute Gasteiger partial charge is 0.349 e. The summed E-state index contributed by atoms with van der Waals surface area (Å²) in [4.78, 5) is 14.0. The van der Waals surface area contributed by atoms with Crippen LogP contribution in [0, 0.1) is 17.8 Å². The summed E-state index contributed by atoms with van der Waals surface area (Å²) in [7, 11) is 0. The molecule has 5 heteroatoms. The molecule has 0 aromatic heterocycles. The first-order chi connectivity index (χ1) is 10.6. The summed E-state index contributed by atoms with van der Waals surface area (Å²) < 4.78 is 1.07. The predicted octanol–water partition coefficient (Wildman–Crippen LogP) is 3.72. The highest BCUT2D eigenvalue weighted by Gasteiger charge is 2.35. The fourth-order valence-corrected chi connectivity index (χ4v) is 5.19. The van der Waals surface area contributed by atoms with Gasteiger partial charge in [0, 0.05) is 21.0 Å². The standard InChI is InChI=1S/C17H23BrN2OS/c1-10-9-22-15-6-5-12(18)7-14(15)16(10)20-17(21)13-4-2-3-11(13)8-19/h5-7,10-11,13,16H,2-4,8-9,19H2,1H3,(H,20,21)/t10?,11-,13-,16?/m1/s1. The number of carbonyl (C=O) groups excluding carboxylic acids is 1. The summed E-state index contributed by atoms with van der Waals surface area (Å²) in [5, 5.41) is 3.33. The number of hydrogen-bond donors (Lipinski definition) is 2. The van der Waals surface area contributed by atoms with Gasteiger partial charge in [0.25, 0.3) is 0 Å². The third-order valence-corrected chi connectivity index (χ3v) is 6.84. The Hall–Kier alpha value is -0.520. The van der Waals surface area contributed by atoms with E-state index in [1.165, 1.54) is 10.5 Å². The van der Waals surface area contributed by atoms with Gasteiger partial charge in [0.1, 0.15) is 0 Å². The molecule has 1 heterocycles. The molecule has 0 spiro atoms. The lowest BCUT2D eigenvalue weighted by Crippen LogP contribution is -2.40. The monoisotopic (exact) mass is 382 g/mol. The molecule has 1 amide bonds. The van der Waals surface area contributed by atoms with Gasteiger partial charge in [0.05, 0.1) is 6.04 Å². The Labute approximate surface area is 144 Å². The van der Waals surface area contributed by atoms with Gasteiger partial charge in [-0.15, -0.1) is 11.8 Å². The molecule has 3 rings (SSSR count). The minimum Gasteiger partial charge on any atom is -0.349 e. The molecule has 120 valence electrons. The molecule has 1 aliphatic carbocycles. The Bertz CT molecular complexity index is 566. The van der Waals surface area contributed by atoms with Crippen LogP contribution in [0.15, 0.2) is 27.6 Å². The average molecular weight is 383 g/mol. The van der Waals surface area contributed by atoms with Crippen molar-refractivity contribution in [2.75, 3.05) is 12.3 Å². The summed E-state index contributed by atoms with van der Waals surface area (Å²) >= 11 is 5.43. The second kappa shape index (κ2) is 6.93. The van der Waals surface area contributed by atoms with E-state index in [-0.39, 0.29) is 17.9 Å². The lowest BCUT2D eigenvalue weighted by atomic mass is 9.91. The summed E-state index contributed by atoms with van der Waals surface area (Å²) in [6.45, 7) is 2.84. The van der Waals surface area contributed by atoms with E-state index in [9.17, 15) is 4.79 Å². The van der Waals surface area contributed by atoms with E-state index in [0.717, 1.165) is 29.5 Å². The van der Waals surface area contributed by atoms with Crippen LogP contribution in [0.3, 0.4) is 0 Å².